The van der Waals surface area contributed by atoms with Crippen LogP contribution in [0.4, 0.5) is 0 Å². The molecule has 0 radical (unpaired) electrons. The van der Waals surface area contributed by atoms with Crippen LogP contribution in [0.5, 0.6) is 0 Å². The molecule has 20 heavy (non-hydrogen) atoms. The van der Waals surface area contributed by atoms with Gasteiger partial charge in [-0.2, -0.15) is 0 Å². The van der Waals surface area contributed by atoms with Gasteiger partial charge in [0.05, 0.1) is 8.66 Å². The summed E-state index contributed by atoms with van der Waals surface area (Å²) in [5, 5.41) is 5.34. The van der Waals surface area contributed by atoms with Gasteiger partial charge in [-0.05, 0) is 48.8 Å². The van der Waals surface area contributed by atoms with Gasteiger partial charge in [0.2, 0.25) is 5.91 Å². The minimum Gasteiger partial charge on any atom is -0.353 e. The molecule has 0 aliphatic heterocycles. The highest BCUT2D eigenvalue weighted by Gasteiger charge is 2.19. The highest BCUT2D eigenvalue weighted by atomic mass is 79.9. The molecule has 2 amide bonds. The number of hydrogen-bond acceptors (Lipinski definition) is 4. The Hall–Kier alpha value is -0.630. The summed E-state index contributed by atoms with van der Waals surface area (Å²) in [7, 11) is 0. The Bertz CT molecular complexity index is 474. The number of hydrogen-bond donors (Lipinski definition) is 3. The van der Waals surface area contributed by atoms with Gasteiger partial charge in [0.1, 0.15) is 6.04 Å². The highest BCUT2D eigenvalue weighted by Crippen LogP contribution is 2.21. The Kier molecular flexibility index (Phi) is 7.72. The van der Waals surface area contributed by atoms with Gasteiger partial charge >= 0.3 is 0 Å². The number of halogens is 2. The van der Waals surface area contributed by atoms with Gasteiger partial charge in [0.25, 0.3) is 5.91 Å². The number of thiophene rings is 1. The fourth-order valence-corrected chi connectivity index (χ4v) is 2.53. The first-order chi connectivity index (χ1) is 8.69. The average molecular weight is 385 g/mol. The summed E-state index contributed by atoms with van der Waals surface area (Å²) >= 11 is 4.61. The van der Waals surface area contributed by atoms with Crippen LogP contribution in [-0.4, -0.2) is 29.9 Å². The third-order valence-electron chi connectivity index (χ3n) is 2.26. The van der Waals surface area contributed by atoms with Crippen molar-refractivity contribution in [3.05, 3.63) is 20.8 Å². The first-order valence-electron chi connectivity index (χ1n) is 5.82. The third kappa shape index (κ3) is 6.69. The van der Waals surface area contributed by atoms with Crippen molar-refractivity contribution < 1.29 is 9.59 Å². The number of nitrogens with two attached hydrogens (primary N) is 1. The van der Waals surface area contributed by atoms with Gasteiger partial charge in [-0.25, -0.2) is 0 Å². The fraction of sp³-hybridized carbons (Fsp3) is 0.500. The molecular weight excluding hydrogens is 366 g/mol. The predicted octanol–water partition coefficient (Wildman–Crippen LogP) is 1.90. The van der Waals surface area contributed by atoms with E-state index in [0.29, 0.717) is 11.4 Å². The lowest BCUT2D eigenvalue weighted by molar-refractivity contribution is -0.122. The second-order valence-electron chi connectivity index (χ2n) is 5.01. The van der Waals surface area contributed by atoms with Crippen molar-refractivity contribution >= 4 is 51.5 Å². The summed E-state index contributed by atoms with van der Waals surface area (Å²) in [6.07, 6.45) is 0. The monoisotopic (exact) mass is 383 g/mol. The number of nitrogens with one attached hydrogen (secondary N) is 2. The van der Waals surface area contributed by atoms with Crippen LogP contribution in [0.2, 0.25) is 0 Å². The maximum atomic E-state index is 11.8. The minimum absolute atomic E-state index is 0. The highest BCUT2D eigenvalue weighted by molar-refractivity contribution is 9.11. The van der Waals surface area contributed by atoms with Crippen LogP contribution in [0, 0.1) is 0 Å². The zero-order valence-electron chi connectivity index (χ0n) is 11.5. The molecule has 1 aromatic rings. The van der Waals surface area contributed by atoms with Crippen LogP contribution in [0.3, 0.4) is 0 Å². The van der Waals surface area contributed by atoms with Crippen molar-refractivity contribution in [2.24, 2.45) is 5.73 Å². The molecule has 4 N–H and O–H groups in total. The van der Waals surface area contributed by atoms with Gasteiger partial charge in [-0.3, -0.25) is 9.59 Å². The molecule has 1 heterocycles. The summed E-state index contributed by atoms with van der Waals surface area (Å²) in [4.78, 5) is 24.2. The van der Waals surface area contributed by atoms with E-state index < -0.39 is 11.6 Å². The lowest BCUT2D eigenvalue weighted by atomic mass is 10.1. The van der Waals surface area contributed by atoms with Crippen molar-refractivity contribution in [2.75, 3.05) is 6.54 Å². The van der Waals surface area contributed by atoms with Crippen LogP contribution in [-0.2, 0) is 4.79 Å². The lowest BCUT2D eigenvalue weighted by Crippen LogP contribution is -2.50. The van der Waals surface area contributed by atoms with E-state index in [1.165, 1.54) is 11.3 Å². The van der Waals surface area contributed by atoms with E-state index in [-0.39, 0.29) is 24.2 Å². The third-order valence-corrected chi connectivity index (χ3v) is 3.88. The molecule has 0 aliphatic carbocycles. The zero-order chi connectivity index (χ0) is 14.6. The van der Waals surface area contributed by atoms with Crippen LogP contribution < -0.4 is 16.4 Å². The molecule has 0 saturated heterocycles. The van der Waals surface area contributed by atoms with E-state index >= 15 is 0 Å². The molecule has 0 fully saturated rings. The zero-order valence-corrected chi connectivity index (χ0v) is 14.7. The van der Waals surface area contributed by atoms with E-state index in [1.54, 1.807) is 19.1 Å². The number of rotatable bonds is 5. The summed E-state index contributed by atoms with van der Waals surface area (Å²) < 4.78 is 0.875. The Morgan fingerprint density at radius 2 is 2.05 bits per heavy atom. The van der Waals surface area contributed by atoms with Crippen LogP contribution >= 0.6 is 39.7 Å². The summed E-state index contributed by atoms with van der Waals surface area (Å²) in [6, 6.07) is 2.90. The predicted molar refractivity (Wildman–Crippen MR) is 87.5 cm³/mol. The van der Waals surface area contributed by atoms with E-state index in [9.17, 15) is 9.59 Å². The molecule has 1 rings (SSSR count). The van der Waals surface area contributed by atoms with Crippen molar-refractivity contribution in [3.8, 4) is 0 Å². The maximum Gasteiger partial charge on any atom is 0.262 e. The average Bonchev–Trinajstić information content (AvgIpc) is 2.71. The Morgan fingerprint density at radius 3 is 2.50 bits per heavy atom. The van der Waals surface area contributed by atoms with E-state index in [4.69, 9.17) is 5.73 Å². The van der Waals surface area contributed by atoms with Gasteiger partial charge in [0.15, 0.2) is 0 Å². The van der Waals surface area contributed by atoms with Gasteiger partial charge in [-0.1, -0.05) is 0 Å². The standard InChI is InChI=1S/C12H18BrN3O2S.ClH/c1-7(10(17)15-6-12(2,3)14)16-11(18)8-4-5-9(13)19-8;/h4-5,7H,6,14H2,1-3H3,(H,15,17)(H,16,18);1H. The first kappa shape index (κ1) is 19.4. The molecule has 5 nitrogen and oxygen atoms in total. The van der Waals surface area contributed by atoms with Crippen LogP contribution in [0.1, 0.15) is 30.4 Å². The molecule has 0 aromatic carbocycles. The van der Waals surface area contributed by atoms with E-state index in [1.807, 2.05) is 13.8 Å². The van der Waals surface area contributed by atoms with Crippen LogP contribution in [0.25, 0.3) is 0 Å². The van der Waals surface area contributed by atoms with E-state index in [0.717, 1.165) is 3.79 Å². The van der Waals surface area contributed by atoms with Gasteiger partial charge in [-0.15, -0.1) is 23.7 Å². The molecular formula is C12H19BrClN3O2S. The smallest absolute Gasteiger partial charge is 0.262 e. The largest absolute Gasteiger partial charge is 0.353 e. The Balaban J connectivity index is 0.00000361. The van der Waals surface area contributed by atoms with Crippen molar-refractivity contribution in [2.45, 2.75) is 32.4 Å². The van der Waals surface area contributed by atoms with Crippen molar-refractivity contribution in [1.82, 2.24) is 10.6 Å². The molecule has 0 bridgehead atoms. The van der Waals surface area contributed by atoms with Gasteiger partial charge in [0, 0.05) is 12.1 Å². The Labute approximate surface area is 137 Å². The summed E-state index contributed by atoms with van der Waals surface area (Å²) in [5.41, 5.74) is 5.30. The SMILES string of the molecule is CC(NC(=O)c1ccc(Br)s1)C(=O)NCC(C)(C)N.Cl. The number of carbonyl (C=O) groups excluding carboxylic acids is 2. The molecule has 1 aromatic heterocycles. The fourth-order valence-electron chi connectivity index (χ4n) is 1.24. The summed E-state index contributed by atoms with van der Waals surface area (Å²) in [6.45, 7) is 5.63. The number of amides is 2. The van der Waals surface area contributed by atoms with Crippen LogP contribution in [0.15, 0.2) is 15.9 Å². The van der Waals surface area contributed by atoms with Crippen molar-refractivity contribution in [3.63, 3.8) is 0 Å². The molecule has 0 saturated carbocycles. The Morgan fingerprint density at radius 1 is 1.45 bits per heavy atom. The molecule has 0 spiro atoms. The molecule has 0 aliphatic rings. The molecule has 8 heteroatoms. The van der Waals surface area contributed by atoms with E-state index in [2.05, 4.69) is 26.6 Å². The topological polar surface area (TPSA) is 84.2 Å². The first-order valence-corrected chi connectivity index (χ1v) is 7.43. The molecule has 1 atom stereocenters. The number of carbonyl (C=O) groups is 2. The minimum atomic E-state index is -0.601. The molecule has 1 unspecified atom stereocenters. The molecule has 114 valence electrons. The maximum absolute atomic E-state index is 11.8. The second kappa shape index (κ2) is 7.97. The summed E-state index contributed by atoms with van der Waals surface area (Å²) in [5.74, 6) is -0.507. The second-order valence-corrected chi connectivity index (χ2v) is 7.47. The lowest BCUT2D eigenvalue weighted by Gasteiger charge is -2.21. The van der Waals surface area contributed by atoms with Gasteiger partial charge < -0.3 is 16.4 Å². The quantitative estimate of drug-likeness (QED) is 0.725. The van der Waals surface area contributed by atoms with Crippen molar-refractivity contribution in [1.29, 1.82) is 0 Å². The normalized spacial score (nSPS) is 12.2.